The van der Waals surface area contributed by atoms with Crippen molar-refractivity contribution >= 4 is 24.0 Å². The van der Waals surface area contributed by atoms with Crippen LogP contribution in [0.15, 0.2) is 30.9 Å². The molecule has 1 fully saturated rings. The molecule has 1 saturated heterocycles. The summed E-state index contributed by atoms with van der Waals surface area (Å²) >= 11 is 6.10. The van der Waals surface area contributed by atoms with E-state index in [0.717, 1.165) is 38.2 Å². The lowest BCUT2D eigenvalue weighted by atomic mass is 10.1. The number of rotatable bonds is 3. The third-order valence-corrected chi connectivity index (χ3v) is 3.88. The van der Waals surface area contributed by atoms with E-state index in [2.05, 4.69) is 21.0 Å². The zero-order valence-electron chi connectivity index (χ0n) is 11.7. The van der Waals surface area contributed by atoms with Gasteiger partial charge < -0.3 is 5.73 Å². The summed E-state index contributed by atoms with van der Waals surface area (Å²) in [5, 5.41) is 4.90. The molecular formula is C14H19Cl2N5. The van der Waals surface area contributed by atoms with E-state index in [-0.39, 0.29) is 18.4 Å². The van der Waals surface area contributed by atoms with Crippen molar-refractivity contribution in [1.29, 1.82) is 0 Å². The Morgan fingerprint density at radius 1 is 1.38 bits per heavy atom. The zero-order valence-corrected chi connectivity index (χ0v) is 13.2. The first-order valence-corrected chi connectivity index (χ1v) is 7.21. The zero-order chi connectivity index (χ0) is 13.9. The van der Waals surface area contributed by atoms with E-state index >= 15 is 0 Å². The fourth-order valence-corrected chi connectivity index (χ4v) is 2.86. The molecule has 0 radical (unpaired) electrons. The lowest BCUT2D eigenvalue weighted by Gasteiger charge is -2.31. The number of benzene rings is 1. The molecule has 1 atom stereocenters. The average molecular weight is 328 g/mol. The fraction of sp³-hybridized carbons (Fsp3) is 0.429. The van der Waals surface area contributed by atoms with Crippen LogP contribution < -0.4 is 5.73 Å². The van der Waals surface area contributed by atoms with Crippen LogP contribution in [0.3, 0.4) is 0 Å². The van der Waals surface area contributed by atoms with Gasteiger partial charge in [0.25, 0.3) is 0 Å². The second-order valence-corrected chi connectivity index (χ2v) is 5.69. The fourth-order valence-electron chi connectivity index (χ4n) is 2.69. The predicted molar refractivity (Wildman–Crippen MR) is 86.1 cm³/mol. The molecule has 2 aromatic rings. The first-order chi connectivity index (χ1) is 9.72. The lowest BCUT2D eigenvalue weighted by molar-refractivity contribution is 0.201. The van der Waals surface area contributed by atoms with Gasteiger partial charge in [-0.05, 0) is 37.1 Å². The quantitative estimate of drug-likeness (QED) is 0.939. The van der Waals surface area contributed by atoms with E-state index < -0.39 is 0 Å². The second kappa shape index (κ2) is 7.22. The van der Waals surface area contributed by atoms with Crippen LogP contribution in [-0.2, 0) is 6.54 Å². The maximum atomic E-state index is 6.10. The molecule has 0 unspecified atom stereocenters. The highest BCUT2D eigenvalue weighted by Crippen LogP contribution is 2.22. The molecule has 1 aromatic heterocycles. The summed E-state index contributed by atoms with van der Waals surface area (Å²) in [4.78, 5) is 6.39. The van der Waals surface area contributed by atoms with Crippen molar-refractivity contribution in [3.63, 3.8) is 0 Å². The first-order valence-electron chi connectivity index (χ1n) is 6.84. The molecule has 2 heterocycles. The molecule has 21 heavy (non-hydrogen) atoms. The van der Waals surface area contributed by atoms with Crippen LogP contribution in [0.1, 0.15) is 18.4 Å². The van der Waals surface area contributed by atoms with Crippen LogP contribution in [0.25, 0.3) is 5.69 Å². The highest BCUT2D eigenvalue weighted by atomic mass is 35.5. The summed E-state index contributed by atoms with van der Waals surface area (Å²) in [6.45, 7) is 2.90. The Labute approximate surface area is 135 Å². The highest BCUT2D eigenvalue weighted by Gasteiger charge is 2.18. The summed E-state index contributed by atoms with van der Waals surface area (Å²) < 4.78 is 1.76. The lowest BCUT2D eigenvalue weighted by Crippen LogP contribution is -2.42. The predicted octanol–water partition coefficient (Wildman–Crippen LogP) is 2.27. The Kier molecular flexibility index (Phi) is 5.58. The van der Waals surface area contributed by atoms with Gasteiger partial charge in [0, 0.05) is 24.2 Å². The Balaban J connectivity index is 0.00000161. The standard InChI is InChI=1S/C14H18ClN5.ClH/c15-12-4-3-11(7-19-5-1-2-13(16)8-19)14(6-12)20-10-17-9-18-20;/h3-4,6,9-10,13H,1-2,5,7-8,16H2;1H/t13-;/m1./s1. The van der Waals surface area contributed by atoms with E-state index in [1.54, 1.807) is 11.0 Å². The Bertz CT molecular complexity index is 573. The van der Waals surface area contributed by atoms with Crippen molar-refractivity contribution in [3.8, 4) is 5.69 Å². The van der Waals surface area contributed by atoms with Gasteiger partial charge in [0.2, 0.25) is 0 Å². The van der Waals surface area contributed by atoms with E-state index in [4.69, 9.17) is 17.3 Å². The third kappa shape index (κ3) is 3.95. The molecular weight excluding hydrogens is 309 g/mol. The number of nitrogens with zero attached hydrogens (tertiary/aromatic N) is 4. The molecule has 0 amide bonds. The van der Waals surface area contributed by atoms with Gasteiger partial charge in [-0.25, -0.2) is 9.67 Å². The van der Waals surface area contributed by atoms with Crippen molar-refractivity contribution in [2.24, 2.45) is 5.73 Å². The van der Waals surface area contributed by atoms with Crippen molar-refractivity contribution in [2.45, 2.75) is 25.4 Å². The van der Waals surface area contributed by atoms with Crippen molar-refractivity contribution in [2.75, 3.05) is 13.1 Å². The van der Waals surface area contributed by atoms with Crippen molar-refractivity contribution in [1.82, 2.24) is 19.7 Å². The van der Waals surface area contributed by atoms with E-state index in [9.17, 15) is 0 Å². The number of likely N-dealkylation sites (tertiary alicyclic amines) is 1. The minimum Gasteiger partial charge on any atom is -0.327 e. The van der Waals surface area contributed by atoms with Crippen LogP contribution >= 0.6 is 24.0 Å². The van der Waals surface area contributed by atoms with Gasteiger partial charge in [0.05, 0.1) is 5.69 Å². The number of nitrogens with two attached hydrogens (primary N) is 1. The molecule has 3 rings (SSSR count). The minimum atomic E-state index is 0. The summed E-state index contributed by atoms with van der Waals surface area (Å²) in [6.07, 6.45) is 5.50. The van der Waals surface area contributed by atoms with Gasteiger partial charge >= 0.3 is 0 Å². The topological polar surface area (TPSA) is 60.0 Å². The van der Waals surface area contributed by atoms with Crippen LogP contribution in [-0.4, -0.2) is 38.8 Å². The van der Waals surface area contributed by atoms with Crippen LogP contribution in [0, 0.1) is 0 Å². The molecule has 114 valence electrons. The third-order valence-electron chi connectivity index (χ3n) is 3.65. The van der Waals surface area contributed by atoms with Gasteiger partial charge in [0.15, 0.2) is 0 Å². The molecule has 1 aliphatic heterocycles. The molecule has 1 aliphatic rings. The molecule has 7 heteroatoms. The SMILES string of the molecule is Cl.N[C@@H]1CCCN(Cc2ccc(Cl)cc2-n2cncn2)C1. The van der Waals surface area contributed by atoms with E-state index in [0.29, 0.717) is 5.02 Å². The maximum absolute atomic E-state index is 6.10. The van der Waals surface area contributed by atoms with E-state index in [1.165, 1.54) is 11.9 Å². The maximum Gasteiger partial charge on any atom is 0.138 e. The van der Waals surface area contributed by atoms with Gasteiger partial charge in [-0.1, -0.05) is 17.7 Å². The summed E-state index contributed by atoms with van der Waals surface area (Å²) in [6, 6.07) is 6.18. The van der Waals surface area contributed by atoms with E-state index in [1.807, 2.05) is 12.1 Å². The molecule has 0 saturated carbocycles. The first kappa shape index (κ1) is 16.2. The summed E-state index contributed by atoms with van der Waals surface area (Å²) in [7, 11) is 0. The van der Waals surface area contributed by atoms with Crippen molar-refractivity contribution in [3.05, 3.63) is 41.4 Å². The van der Waals surface area contributed by atoms with Crippen molar-refractivity contribution < 1.29 is 0 Å². The number of aromatic nitrogens is 3. The molecule has 0 bridgehead atoms. The molecule has 1 aromatic carbocycles. The number of hydrogen-bond acceptors (Lipinski definition) is 4. The molecule has 0 spiro atoms. The molecule has 2 N–H and O–H groups in total. The van der Waals surface area contributed by atoms with Gasteiger partial charge in [-0.3, -0.25) is 4.90 Å². The number of piperidine rings is 1. The Morgan fingerprint density at radius 3 is 2.95 bits per heavy atom. The summed E-state index contributed by atoms with van der Waals surface area (Å²) in [5.41, 5.74) is 8.21. The Morgan fingerprint density at radius 2 is 2.24 bits per heavy atom. The van der Waals surface area contributed by atoms with Gasteiger partial charge in [0.1, 0.15) is 12.7 Å². The average Bonchev–Trinajstić information content (AvgIpc) is 2.95. The Hall–Kier alpha value is -1.14. The highest BCUT2D eigenvalue weighted by molar-refractivity contribution is 6.30. The van der Waals surface area contributed by atoms with Crippen LogP contribution in [0.2, 0.25) is 5.02 Å². The monoisotopic (exact) mass is 327 g/mol. The molecule has 5 nitrogen and oxygen atoms in total. The summed E-state index contributed by atoms with van der Waals surface area (Å²) in [5.74, 6) is 0. The smallest absolute Gasteiger partial charge is 0.138 e. The minimum absolute atomic E-state index is 0. The van der Waals surface area contributed by atoms with Gasteiger partial charge in [-0.15, -0.1) is 12.4 Å². The molecule has 0 aliphatic carbocycles. The second-order valence-electron chi connectivity index (χ2n) is 5.25. The number of hydrogen-bond donors (Lipinski definition) is 1. The van der Waals surface area contributed by atoms with Crippen LogP contribution in [0.4, 0.5) is 0 Å². The van der Waals surface area contributed by atoms with Gasteiger partial charge in [-0.2, -0.15) is 5.10 Å². The van der Waals surface area contributed by atoms with Crippen LogP contribution in [0.5, 0.6) is 0 Å². The normalized spacial score (nSPS) is 19.2. The largest absolute Gasteiger partial charge is 0.327 e. The number of halogens is 2.